The summed E-state index contributed by atoms with van der Waals surface area (Å²) in [5, 5.41) is 0. The van der Waals surface area contributed by atoms with Crippen LogP contribution in [0.15, 0.2) is 24.3 Å². The van der Waals surface area contributed by atoms with Crippen molar-refractivity contribution in [1.82, 2.24) is 9.80 Å². The molecule has 5 heteroatoms. The van der Waals surface area contributed by atoms with Crippen LogP contribution in [0.5, 0.6) is 11.5 Å². The van der Waals surface area contributed by atoms with Gasteiger partial charge in [-0.3, -0.25) is 9.69 Å². The number of nitrogens with zero attached hydrogens (tertiary/aromatic N) is 2. The second kappa shape index (κ2) is 8.30. The molecule has 2 fully saturated rings. The fourth-order valence-electron chi connectivity index (χ4n) is 4.41. The third-order valence-electron chi connectivity index (χ3n) is 5.80. The molecule has 0 radical (unpaired) electrons. The van der Waals surface area contributed by atoms with E-state index in [4.69, 9.17) is 9.47 Å². The first-order chi connectivity index (χ1) is 12.6. The lowest BCUT2D eigenvalue weighted by Gasteiger charge is -2.46. The van der Waals surface area contributed by atoms with Crippen LogP contribution in [-0.4, -0.2) is 60.6 Å². The highest BCUT2D eigenvalue weighted by molar-refractivity contribution is 5.87. The van der Waals surface area contributed by atoms with Gasteiger partial charge in [0.25, 0.3) is 0 Å². The fourth-order valence-corrected chi connectivity index (χ4v) is 4.41. The first-order valence-corrected chi connectivity index (χ1v) is 9.90. The van der Waals surface area contributed by atoms with Gasteiger partial charge in [-0.25, -0.2) is 0 Å². The molecule has 1 unspecified atom stereocenters. The number of hydrogen-bond acceptors (Lipinski definition) is 4. The standard InChI is InChI=1S/C21H32N2O3/c1-17(2)23-15-5-12-21(20(23)24)11-4-13-22(21)14-6-16-26-19-9-7-18(25-3)8-10-19/h7-10,17H,4-6,11-16H2,1-3H3. The Hall–Kier alpha value is -1.75. The topological polar surface area (TPSA) is 42.0 Å². The summed E-state index contributed by atoms with van der Waals surface area (Å²) in [7, 11) is 1.66. The maximum Gasteiger partial charge on any atom is 0.243 e. The molecule has 1 spiro atoms. The van der Waals surface area contributed by atoms with Crippen molar-refractivity contribution in [3.63, 3.8) is 0 Å². The minimum atomic E-state index is -0.247. The van der Waals surface area contributed by atoms with E-state index in [-0.39, 0.29) is 5.54 Å². The molecule has 0 N–H and O–H groups in total. The largest absolute Gasteiger partial charge is 0.497 e. The van der Waals surface area contributed by atoms with E-state index in [2.05, 4.69) is 23.6 Å². The summed E-state index contributed by atoms with van der Waals surface area (Å²) in [6, 6.07) is 7.97. The van der Waals surface area contributed by atoms with Gasteiger partial charge in [-0.1, -0.05) is 0 Å². The number of piperidine rings is 1. The van der Waals surface area contributed by atoms with Crippen LogP contribution in [0.25, 0.3) is 0 Å². The molecule has 3 rings (SSSR count). The number of methoxy groups -OCH3 is 1. The summed E-state index contributed by atoms with van der Waals surface area (Å²) < 4.78 is 11.0. The first-order valence-electron chi connectivity index (χ1n) is 9.90. The predicted octanol–water partition coefficient (Wildman–Crippen LogP) is 3.33. The predicted molar refractivity (Wildman–Crippen MR) is 103 cm³/mol. The van der Waals surface area contributed by atoms with Gasteiger partial charge in [-0.05, 0) is 76.8 Å². The molecule has 144 valence electrons. The molecule has 0 aromatic heterocycles. The Balaban J connectivity index is 1.53. The number of benzene rings is 1. The van der Waals surface area contributed by atoms with Crippen LogP contribution in [0.1, 0.15) is 46.0 Å². The van der Waals surface area contributed by atoms with Gasteiger partial charge in [0.2, 0.25) is 5.91 Å². The lowest BCUT2D eigenvalue weighted by Crippen LogP contribution is -2.61. The first kappa shape index (κ1) is 19.0. The van der Waals surface area contributed by atoms with Crippen LogP contribution in [0, 0.1) is 0 Å². The van der Waals surface area contributed by atoms with Gasteiger partial charge in [0.05, 0.1) is 13.7 Å². The van der Waals surface area contributed by atoms with Crippen molar-refractivity contribution >= 4 is 5.91 Å². The zero-order valence-electron chi connectivity index (χ0n) is 16.4. The summed E-state index contributed by atoms with van der Waals surface area (Å²) in [4.78, 5) is 17.7. The van der Waals surface area contributed by atoms with Gasteiger partial charge in [0.15, 0.2) is 0 Å². The molecule has 0 aliphatic carbocycles. The van der Waals surface area contributed by atoms with Crippen LogP contribution in [0.4, 0.5) is 0 Å². The summed E-state index contributed by atoms with van der Waals surface area (Å²) in [6.07, 6.45) is 5.19. The molecular formula is C21H32N2O3. The number of amides is 1. The highest BCUT2D eigenvalue weighted by Crippen LogP contribution is 2.38. The van der Waals surface area contributed by atoms with Crippen molar-refractivity contribution in [2.75, 3.05) is 33.4 Å². The molecule has 0 saturated carbocycles. The van der Waals surface area contributed by atoms with Gasteiger partial charge in [-0.15, -0.1) is 0 Å². The van der Waals surface area contributed by atoms with Crippen molar-refractivity contribution in [3.8, 4) is 11.5 Å². The van der Waals surface area contributed by atoms with Crippen LogP contribution >= 0.6 is 0 Å². The molecule has 1 atom stereocenters. The maximum absolute atomic E-state index is 13.2. The SMILES string of the molecule is COc1ccc(OCCCN2CCCC23CCCN(C(C)C)C3=O)cc1. The second-order valence-corrected chi connectivity index (χ2v) is 7.70. The van der Waals surface area contributed by atoms with Crippen LogP contribution < -0.4 is 9.47 Å². The molecule has 26 heavy (non-hydrogen) atoms. The number of likely N-dealkylation sites (tertiary alicyclic amines) is 2. The maximum atomic E-state index is 13.2. The lowest BCUT2D eigenvalue weighted by atomic mass is 9.84. The van der Waals surface area contributed by atoms with E-state index in [9.17, 15) is 4.79 Å². The van der Waals surface area contributed by atoms with E-state index in [1.54, 1.807) is 7.11 Å². The van der Waals surface area contributed by atoms with Crippen molar-refractivity contribution in [3.05, 3.63) is 24.3 Å². The summed E-state index contributed by atoms with van der Waals surface area (Å²) in [6.45, 7) is 7.78. The minimum absolute atomic E-state index is 0.247. The molecule has 2 aliphatic rings. The van der Waals surface area contributed by atoms with Gasteiger partial charge >= 0.3 is 0 Å². The number of carbonyl (C=O) groups is 1. The number of hydrogen-bond donors (Lipinski definition) is 0. The van der Waals surface area contributed by atoms with Crippen molar-refractivity contribution in [2.45, 2.75) is 57.5 Å². The molecule has 1 aromatic carbocycles. The van der Waals surface area contributed by atoms with E-state index in [0.29, 0.717) is 18.6 Å². The normalized spacial score (nSPS) is 23.8. The lowest BCUT2D eigenvalue weighted by molar-refractivity contribution is -0.149. The van der Waals surface area contributed by atoms with Crippen molar-refractivity contribution in [2.24, 2.45) is 0 Å². The fraction of sp³-hybridized carbons (Fsp3) is 0.667. The number of ether oxygens (including phenoxy) is 2. The van der Waals surface area contributed by atoms with E-state index in [1.165, 1.54) is 0 Å². The van der Waals surface area contributed by atoms with E-state index in [1.807, 2.05) is 24.3 Å². The molecule has 2 heterocycles. The molecular weight excluding hydrogens is 328 g/mol. The molecule has 1 aromatic rings. The van der Waals surface area contributed by atoms with Crippen LogP contribution in [0.3, 0.4) is 0 Å². The molecule has 1 amide bonds. The Morgan fingerprint density at radius 2 is 1.73 bits per heavy atom. The minimum Gasteiger partial charge on any atom is -0.497 e. The summed E-state index contributed by atoms with van der Waals surface area (Å²) in [5.41, 5.74) is -0.247. The molecule has 5 nitrogen and oxygen atoms in total. The highest BCUT2D eigenvalue weighted by atomic mass is 16.5. The van der Waals surface area contributed by atoms with Gasteiger partial charge in [-0.2, -0.15) is 0 Å². The zero-order chi connectivity index (χ0) is 18.6. The number of rotatable bonds is 7. The average Bonchev–Trinajstić information content (AvgIpc) is 3.05. The monoisotopic (exact) mass is 360 g/mol. The van der Waals surface area contributed by atoms with E-state index < -0.39 is 0 Å². The van der Waals surface area contributed by atoms with Gasteiger partial charge in [0, 0.05) is 19.1 Å². The van der Waals surface area contributed by atoms with Gasteiger partial charge < -0.3 is 14.4 Å². The quantitative estimate of drug-likeness (QED) is 0.700. The van der Waals surface area contributed by atoms with E-state index in [0.717, 1.165) is 63.2 Å². The highest BCUT2D eigenvalue weighted by Gasteiger charge is 2.50. The van der Waals surface area contributed by atoms with Crippen LogP contribution in [0.2, 0.25) is 0 Å². The Bertz CT molecular complexity index is 602. The smallest absolute Gasteiger partial charge is 0.243 e. The summed E-state index contributed by atoms with van der Waals surface area (Å²) in [5.74, 6) is 2.05. The van der Waals surface area contributed by atoms with Crippen LogP contribution in [-0.2, 0) is 4.79 Å². The van der Waals surface area contributed by atoms with Gasteiger partial charge in [0.1, 0.15) is 17.0 Å². The van der Waals surface area contributed by atoms with Crippen molar-refractivity contribution < 1.29 is 14.3 Å². The Labute approximate surface area is 157 Å². The zero-order valence-corrected chi connectivity index (χ0v) is 16.4. The average molecular weight is 360 g/mol. The Morgan fingerprint density at radius 3 is 2.38 bits per heavy atom. The Morgan fingerprint density at radius 1 is 1.08 bits per heavy atom. The third kappa shape index (κ3) is 3.83. The third-order valence-corrected chi connectivity index (χ3v) is 5.80. The molecule has 2 aliphatic heterocycles. The number of carbonyl (C=O) groups excluding carboxylic acids is 1. The Kier molecular flexibility index (Phi) is 6.07. The van der Waals surface area contributed by atoms with E-state index >= 15 is 0 Å². The molecule has 2 saturated heterocycles. The van der Waals surface area contributed by atoms with Crippen molar-refractivity contribution in [1.29, 1.82) is 0 Å². The molecule has 0 bridgehead atoms. The second-order valence-electron chi connectivity index (χ2n) is 7.70. The summed E-state index contributed by atoms with van der Waals surface area (Å²) >= 11 is 0.